The number of carbonyl (C=O) groups excluding carboxylic acids is 1. The van der Waals surface area contributed by atoms with Crippen LogP contribution in [-0.2, 0) is 9.59 Å². The van der Waals surface area contributed by atoms with Gasteiger partial charge in [0.05, 0.1) is 12.5 Å². The average molecular weight is 214 g/mol. The fourth-order valence-electron chi connectivity index (χ4n) is 1.78. The molecule has 2 atom stereocenters. The molecule has 0 spiro atoms. The second kappa shape index (κ2) is 5.11. The predicted molar refractivity (Wildman–Crippen MR) is 55.5 cm³/mol. The number of carbonyl (C=O) groups is 2. The van der Waals surface area contributed by atoms with E-state index in [2.05, 4.69) is 5.32 Å². The second-order valence-electron chi connectivity index (χ2n) is 4.10. The number of rotatable bonds is 4. The van der Waals surface area contributed by atoms with E-state index in [1.165, 1.54) is 4.90 Å². The zero-order valence-corrected chi connectivity index (χ0v) is 9.19. The van der Waals surface area contributed by atoms with Crippen molar-refractivity contribution in [2.75, 3.05) is 20.1 Å². The van der Waals surface area contributed by atoms with E-state index in [1.54, 1.807) is 7.05 Å². The molecule has 1 aliphatic rings. The average Bonchev–Trinajstić information content (AvgIpc) is 2.59. The molecule has 2 unspecified atom stereocenters. The van der Waals surface area contributed by atoms with Crippen molar-refractivity contribution in [2.24, 2.45) is 5.92 Å². The first-order valence-electron chi connectivity index (χ1n) is 5.22. The lowest BCUT2D eigenvalue weighted by Gasteiger charge is -2.22. The predicted octanol–water partition coefficient (Wildman–Crippen LogP) is -0.0825. The second-order valence-corrected chi connectivity index (χ2v) is 4.10. The van der Waals surface area contributed by atoms with Crippen molar-refractivity contribution in [3.8, 4) is 0 Å². The van der Waals surface area contributed by atoms with Gasteiger partial charge < -0.3 is 15.3 Å². The van der Waals surface area contributed by atoms with E-state index in [-0.39, 0.29) is 24.9 Å². The van der Waals surface area contributed by atoms with Gasteiger partial charge in [-0.25, -0.2) is 0 Å². The summed E-state index contributed by atoms with van der Waals surface area (Å²) in [7, 11) is 1.65. The molecule has 0 aromatic rings. The fourth-order valence-corrected chi connectivity index (χ4v) is 1.78. The van der Waals surface area contributed by atoms with Crippen molar-refractivity contribution in [1.82, 2.24) is 10.2 Å². The number of hydrogen-bond acceptors (Lipinski definition) is 3. The summed E-state index contributed by atoms with van der Waals surface area (Å²) in [5.74, 6) is -0.534. The molecule has 1 rings (SSSR count). The Hall–Kier alpha value is -1.10. The molecule has 1 amide bonds. The van der Waals surface area contributed by atoms with Crippen LogP contribution in [-0.4, -0.2) is 48.1 Å². The largest absolute Gasteiger partial charge is 0.481 e. The Labute approximate surface area is 89.4 Å². The lowest BCUT2D eigenvalue weighted by atomic mass is 10.0. The van der Waals surface area contributed by atoms with Gasteiger partial charge >= 0.3 is 5.97 Å². The summed E-state index contributed by atoms with van der Waals surface area (Å²) in [5, 5.41) is 11.6. The van der Waals surface area contributed by atoms with Crippen LogP contribution in [0.2, 0.25) is 0 Å². The van der Waals surface area contributed by atoms with Crippen LogP contribution in [0.1, 0.15) is 19.8 Å². The van der Waals surface area contributed by atoms with Crippen LogP contribution in [0.5, 0.6) is 0 Å². The molecule has 5 nitrogen and oxygen atoms in total. The molecule has 1 fully saturated rings. The van der Waals surface area contributed by atoms with Crippen molar-refractivity contribution in [3.63, 3.8) is 0 Å². The highest BCUT2D eigenvalue weighted by atomic mass is 16.4. The van der Waals surface area contributed by atoms with Gasteiger partial charge in [-0.15, -0.1) is 0 Å². The number of carboxylic acid groups (broad SMARTS) is 1. The maximum absolute atomic E-state index is 11.8. The number of carboxylic acids is 1. The number of amides is 1. The molecule has 0 aliphatic carbocycles. The Morgan fingerprint density at radius 1 is 1.53 bits per heavy atom. The number of hydrogen-bond donors (Lipinski definition) is 2. The van der Waals surface area contributed by atoms with Gasteiger partial charge in [-0.3, -0.25) is 9.59 Å². The SMILES string of the molecule is CC1CCNC1C(=O)N(C)CCC(=O)O. The number of nitrogens with one attached hydrogen (secondary N) is 1. The Bertz CT molecular complexity index is 255. The molecule has 0 aromatic heterocycles. The smallest absolute Gasteiger partial charge is 0.305 e. The van der Waals surface area contributed by atoms with Gasteiger partial charge in [-0.2, -0.15) is 0 Å². The van der Waals surface area contributed by atoms with Crippen molar-refractivity contribution >= 4 is 11.9 Å². The summed E-state index contributed by atoms with van der Waals surface area (Å²) in [6, 6.07) is -0.135. The van der Waals surface area contributed by atoms with Gasteiger partial charge in [0.1, 0.15) is 0 Å². The molecule has 15 heavy (non-hydrogen) atoms. The lowest BCUT2D eigenvalue weighted by molar-refractivity contribution is -0.138. The third kappa shape index (κ3) is 3.20. The molecule has 1 aliphatic heterocycles. The van der Waals surface area contributed by atoms with Crippen LogP contribution < -0.4 is 5.32 Å². The summed E-state index contributed by atoms with van der Waals surface area (Å²) >= 11 is 0. The standard InChI is InChI=1S/C10H18N2O3/c1-7-3-5-11-9(7)10(15)12(2)6-4-8(13)14/h7,9,11H,3-6H2,1-2H3,(H,13,14). The van der Waals surface area contributed by atoms with Crippen molar-refractivity contribution in [3.05, 3.63) is 0 Å². The minimum Gasteiger partial charge on any atom is -0.481 e. The number of likely N-dealkylation sites (N-methyl/N-ethyl adjacent to an activating group) is 1. The highest BCUT2D eigenvalue weighted by Crippen LogP contribution is 2.16. The lowest BCUT2D eigenvalue weighted by Crippen LogP contribution is -2.44. The first-order chi connectivity index (χ1) is 7.02. The Morgan fingerprint density at radius 3 is 2.67 bits per heavy atom. The van der Waals surface area contributed by atoms with Gasteiger partial charge in [-0.05, 0) is 18.9 Å². The molecular formula is C10H18N2O3. The van der Waals surface area contributed by atoms with Crippen molar-refractivity contribution in [1.29, 1.82) is 0 Å². The molecule has 0 bridgehead atoms. The highest BCUT2D eigenvalue weighted by molar-refractivity contribution is 5.82. The highest BCUT2D eigenvalue weighted by Gasteiger charge is 2.31. The van der Waals surface area contributed by atoms with Gasteiger partial charge in [0.2, 0.25) is 5.91 Å². The topological polar surface area (TPSA) is 69.6 Å². The zero-order chi connectivity index (χ0) is 11.4. The van der Waals surface area contributed by atoms with Crippen LogP contribution in [0.15, 0.2) is 0 Å². The molecule has 2 N–H and O–H groups in total. The maximum atomic E-state index is 11.8. The van der Waals surface area contributed by atoms with Crippen LogP contribution in [0.4, 0.5) is 0 Å². The first kappa shape index (κ1) is 12.0. The molecular weight excluding hydrogens is 196 g/mol. The van der Waals surface area contributed by atoms with Gasteiger partial charge in [0.25, 0.3) is 0 Å². The van der Waals surface area contributed by atoms with Crippen LogP contribution in [0.25, 0.3) is 0 Å². The normalized spacial score (nSPS) is 25.2. The number of aliphatic carboxylic acids is 1. The Kier molecular flexibility index (Phi) is 4.08. The first-order valence-corrected chi connectivity index (χ1v) is 5.22. The zero-order valence-electron chi connectivity index (χ0n) is 9.19. The van der Waals surface area contributed by atoms with Crippen LogP contribution in [0.3, 0.4) is 0 Å². The Morgan fingerprint density at radius 2 is 2.20 bits per heavy atom. The maximum Gasteiger partial charge on any atom is 0.305 e. The Balaban J connectivity index is 2.41. The van der Waals surface area contributed by atoms with E-state index in [4.69, 9.17) is 5.11 Å². The van der Waals surface area contributed by atoms with E-state index in [1.807, 2.05) is 6.92 Å². The molecule has 0 radical (unpaired) electrons. The van der Waals surface area contributed by atoms with E-state index in [0.29, 0.717) is 5.92 Å². The van der Waals surface area contributed by atoms with E-state index < -0.39 is 5.97 Å². The van der Waals surface area contributed by atoms with Crippen LogP contribution in [0, 0.1) is 5.92 Å². The molecule has 5 heteroatoms. The summed E-state index contributed by atoms with van der Waals surface area (Å²) in [5.41, 5.74) is 0. The third-order valence-corrected chi connectivity index (χ3v) is 2.84. The summed E-state index contributed by atoms with van der Waals surface area (Å²) < 4.78 is 0. The van der Waals surface area contributed by atoms with Gasteiger partial charge in [-0.1, -0.05) is 6.92 Å². The molecule has 0 saturated carbocycles. The number of nitrogens with zero attached hydrogens (tertiary/aromatic N) is 1. The van der Waals surface area contributed by atoms with Crippen molar-refractivity contribution < 1.29 is 14.7 Å². The monoisotopic (exact) mass is 214 g/mol. The minimum atomic E-state index is -0.873. The quantitative estimate of drug-likeness (QED) is 0.686. The molecule has 86 valence electrons. The van der Waals surface area contributed by atoms with E-state index in [9.17, 15) is 9.59 Å². The van der Waals surface area contributed by atoms with Crippen molar-refractivity contribution in [2.45, 2.75) is 25.8 Å². The molecule has 1 heterocycles. The summed E-state index contributed by atoms with van der Waals surface area (Å²) in [4.78, 5) is 23.7. The summed E-state index contributed by atoms with van der Waals surface area (Å²) in [6.45, 7) is 3.18. The minimum absolute atomic E-state index is 0.00116. The fraction of sp³-hybridized carbons (Fsp3) is 0.800. The molecule has 0 aromatic carbocycles. The van der Waals surface area contributed by atoms with Gasteiger partial charge in [0.15, 0.2) is 0 Å². The third-order valence-electron chi connectivity index (χ3n) is 2.84. The van der Waals surface area contributed by atoms with E-state index >= 15 is 0 Å². The summed E-state index contributed by atoms with van der Waals surface area (Å²) in [6.07, 6.45) is 1.01. The van der Waals surface area contributed by atoms with Gasteiger partial charge in [0, 0.05) is 13.6 Å². The van der Waals surface area contributed by atoms with Crippen LogP contribution >= 0.6 is 0 Å². The van der Waals surface area contributed by atoms with E-state index in [0.717, 1.165) is 13.0 Å². The molecule has 1 saturated heterocycles.